The van der Waals surface area contributed by atoms with Crippen molar-refractivity contribution in [1.29, 1.82) is 0 Å². The topological polar surface area (TPSA) is 50.2 Å². The molecule has 134 valence electrons. The van der Waals surface area contributed by atoms with E-state index in [0.29, 0.717) is 13.1 Å². The van der Waals surface area contributed by atoms with E-state index in [-0.39, 0.29) is 30.5 Å². The molecule has 3 rings (SSSR count). The average Bonchev–Trinajstić information content (AvgIpc) is 3.11. The Morgan fingerprint density at radius 3 is 2.76 bits per heavy atom. The van der Waals surface area contributed by atoms with Gasteiger partial charge in [0.2, 0.25) is 5.91 Å². The van der Waals surface area contributed by atoms with E-state index in [1.54, 1.807) is 12.3 Å². The van der Waals surface area contributed by atoms with Gasteiger partial charge in [-0.1, -0.05) is 18.2 Å². The molecule has 1 aliphatic rings. The van der Waals surface area contributed by atoms with Gasteiger partial charge in [-0.2, -0.15) is 13.2 Å². The molecule has 1 saturated heterocycles. The van der Waals surface area contributed by atoms with Crippen LogP contribution in [-0.2, 0) is 31.1 Å². The summed E-state index contributed by atoms with van der Waals surface area (Å²) in [5.41, 5.74) is -0.569. The normalized spacial score (nSPS) is 18.2. The second-order valence-electron chi connectivity index (χ2n) is 6.17. The number of carbonyl (C=O) groups is 1. The number of amides is 1. The van der Waals surface area contributed by atoms with Gasteiger partial charge in [-0.05, 0) is 11.6 Å². The maximum absolute atomic E-state index is 13.1. The van der Waals surface area contributed by atoms with Gasteiger partial charge in [-0.3, -0.25) is 4.79 Å². The van der Waals surface area contributed by atoms with E-state index < -0.39 is 11.7 Å². The van der Waals surface area contributed by atoms with Crippen LogP contribution in [0, 0.1) is 0 Å². The van der Waals surface area contributed by atoms with E-state index >= 15 is 0 Å². The standard InChI is InChI=1S/C17H19F3N4O/c1-23-7-6-21-15(23)9-22-13-8-16(25)24(11-13)10-12-4-2-3-5-14(12)17(18,19)20/h2-7,13,22H,8-11H2,1H3/t13-/m0/s1. The number of likely N-dealkylation sites (tertiary alicyclic amines) is 1. The Bertz CT molecular complexity index is 756. The van der Waals surface area contributed by atoms with Crippen molar-refractivity contribution in [1.82, 2.24) is 19.8 Å². The molecule has 0 aliphatic carbocycles. The van der Waals surface area contributed by atoms with E-state index in [4.69, 9.17) is 0 Å². The number of halogens is 3. The third kappa shape index (κ3) is 4.01. The quantitative estimate of drug-likeness (QED) is 0.899. The predicted octanol–water partition coefficient (Wildman–Crippen LogP) is 2.33. The highest BCUT2D eigenvalue weighted by Crippen LogP contribution is 2.32. The molecule has 1 N–H and O–H groups in total. The van der Waals surface area contributed by atoms with Crippen LogP contribution in [0.2, 0.25) is 0 Å². The molecule has 1 aromatic heterocycles. The SMILES string of the molecule is Cn1ccnc1CN[C@H]1CC(=O)N(Cc2ccccc2C(F)(F)F)C1. The highest BCUT2D eigenvalue weighted by molar-refractivity contribution is 5.79. The van der Waals surface area contributed by atoms with E-state index in [1.165, 1.54) is 17.0 Å². The predicted molar refractivity (Wildman–Crippen MR) is 85.3 cm³/mol. The first-order chi connectivity index (χ1) is 11.8. The van der Waals surface area contributed by atoms with Crippen LogP contribution in [0.15, 0.2) is 36.7 Å². The van der Waals surface area contributed by atoms with E-state index in [9.17, 15) is 18.0 Å². The van der Waals surface area contributed by atoms with Crippen molar-refractivity contribution in [3.63, 3.8) is 0 Å². The first kappa shape index (κ1) is 17.5. The second kappa shape index (κ2) is 6.87. The molecule has 5 nitrogen and oxygen atoms in total. The smallest absolute Gasteiger partial charge is 0.337 e. The molecule has 0 unspecified atom stereocenters. The lowest BCUT2D eigenvalue weighted by Gasteiger charge is -2.20. The van der Waals surface area contributed by atoms with Crippen molar-refractivity contribution in [2.75, 3.05) is 6.54 Å². The van der Waals surface area contributed by atoms with Crippen molar-refractivity contribution >= 4 is 5.91 Å². The third-order valence-electron chi connectivity index (χ3n) is 4.37. The van der Waals surface area contributed by atoms with E-state index in [2.05, 4.69) is 10.3 Å². The van der Waals surface area contributed by atoms with Crippen LogP contribution in [0.1, 0.15) is 23.4 Å². The van der Waals surface area contributed by atoms with Gasteiger partial charge in [-0.15, -0.1) is 0 Å². The Kier molecular flexibility index (Phi) is 4.80. The number of alkyl halides is 3. The average molecular weight is 352 g/mol. The summed E-state index contributed by atoms with van der Waals surface area (Å²) in [4.78, 5) is 17.8. The summed E-state index contributed by atoms with van der Waals surface area (Å²) >= 11 is 0. The lowest BCUT2D eigenvalue weighted by atomic mass is 10.1. The van der Waals surface area contributed by atoms with Gasteiger partial charge in [0.05, 0.1) is 12.1 Å². The summed E-state index contributed by atoms with van der Waals surface area (Å²) in [6.07, 6.45) is -0.623. The van der Waals surface area contributed by atoms with Crippen LogP contribution in [-0.4, -0.2) is 32.9 Å². The van der Waals surface area contributed by atoms with Gasteiger partial charge in [0.1, 0.15) is 5.82 Å². The molecule has 0 spiro atoms. The van der Waals surface area contributed by atoms with Crippen molar-refractivity contribution in [3.05, 3.63) is 53.6 Å². The van der Waals surface area contributed by atoms with Gasteiger partial charge in [0.15, 0.2) is 0 Å². The zero-order valence-electron chi connectivity index (χ0n) is 13.8. The molecule has 1 atom stereocenters. The minimum atomic E-state index is -4.42. The van der Waals surface area contributed by atoms with Gasteiger partial charge >= 0.3 is 6.18 Å². The van der Waals surface area contributed by atoms with Gasteiger partial charge in [0.25, 0.3) is 0 Å². The number of rotatable bonds is 5. The van der Waals surface area contributed by atoms with Crippen LogP contribution >= 0.6 is 0 Å². The molecule has 1 aliphatic heterocycles. The molecule has 1 fully saturated rings. The lowest BCUT2D eigenvalue weighted by Crippen LogP contribution is -2.33. The summed E-state index contributed by atoms with van der Waals surface area (Å²) in [5.74, 6) is 0.697. The highest BCUT2D eigenvalue weighted by Gasteiger charge is 2.35. The minimum absolute atomic E-state index is 0.0326. The number of benzene rings is 1. The molecule has 8 heteroatoms. The minimum Gasteiger partial charge on any atom is -0.337 e. The zero-order valence-corrected chi connectivity index (χ0v) is 13.8. The molecule has 2 aromatic rings. The van der Waals surface area contributed by atoms with Crippen LogP contribution < -0.4 is 5.32 Å². The van der Waals surface area contributed by atoms with Crippen LogP contribution in [0.5, 0.6) is 0 Å². The number of aryl methyl sites for hydroxylation is 1. The van der Waals surface area contributed by atoms with Crippen molar-refractivity contribution in [2.24, 2.45) is 7.05 Å². The number of imidazole rings is 1. The van der Waals surface area contributed by atoms with Crippen molar-refractivity contribution in [3.8, 4) is 0 Å². The highest BCUT2D eigenvalue weighted by atomic mass is 19.4. The fourth-order valence-electron chi connectivity index (χ4n) is 3.00. The zero-order chi connectivity index (χ0) is 18.0. The van der Waals surface area contributed by atoms with Crippen molar-refractivity contribution < 1.29 is 18.0 Å². The molecule has 25 heavy (non-hydrogen) atoms. The first-order valence-corrected chi connectivity index (χ1v) is 7.97. The first-order valence-electron chi connectivity index (χ1n) is 7.97. The molecule has 2 heterocycles. The van der Waals surface area contributed by atoms with Gasteiger partial charge < -0.3 is 14.8 Å². The Morgan fingerprint density at radius 1 is 1.32 bits per heavy atom. The van der Waals surface area contributed by atoms with Crippen LogP contribution in [0.3, 0.4) is 0 Å². The second-order valence-corrected chi connectivity index (χ2v) is 6.17. The largest absolute Gasteiger partial charge is 0.416 e. The Labute approximate surface area is 143 Å². The summed E-state index contributed by atoms with van der Waals surface area (Å²) in [5, 5.41) is 3.25. The van der Waals surface area contributed by atoms with Crippen LogP contribution in [0.25, 0.3) is 0 Å². The van der Waals surface area contributed by atoms with Crippen molar-refractivity contribution in [2.45, 2.75) is 31.7 Å². The molecular weight excluding hydrogens is 333 g/mol. The number of nitrogens with one attached hydrogen (secondary N) is 1. The number of hydrogen-bond donors (Lipinski definition) is 1. The summed E-state index contributed by atoms with van der Waals surface area (Å²) in [6, 6.07) is 5.29. The Morgan fingerprint density at radius 2 is 2.08 bits per heavy atom. The van der Waals surface area contributed by atoms with E-state index in [0.717, 1.165) is 11.9 Å². The maximum Gasteiger partial charge on any atom is 0.416 e. The number of nitrogens with zero attached hydrogens (tertiary/aromatic N) is 3. The van der Waals surface area contributed by atoms with Gasteiger partial charge in [-0.25, -0.2) is 4.98 Å². The summed E-state index contributed by atoms with van der Waals surface area (Å²) in [6.45, 7) is 0.860. The maximum atomic E-state index is 13.1. The summed E-state index contributed by atoms with van der Waals surface area (Å²) in [7, 11) is 1.88. The molecule has 0 radical (unpaired) electrons. The third-order valence-corrected chi connectivity index (χ3v) is 4.37. The molecule has 1 aromatic carbocycles. The fraction of sp³-hybridized carbons (Fsp3) is 0.412. The number of carbonyl (C=O) groups excluding carboxylic acids is 1. The summed E-state index contributed by atoms with van der Waals surface area (Å²) < 4.78 is 41.1. The Hall–Kier alpha value is -2.35. The molecule has 0 saturated carbocycles. The molecular formula is C17H19F3N4O. The van der Waals surface area contributed by atoms with Gasteiger partial charge in [0, 0.05) is 45.0 Å². The monoisotopic (exact) mass is 352 g/mol. The molecule has 0 bridgehead atoms. The van der Waals surface area contributed by atoms with E-state index in [1.807, 2.05) is 17.8 Å². The molecule has 1 amide bonds. The Balaban J connectivity index is 1.63. The number of aromatic nitrogens is 2. The van der Waals surface area contributed by atoms with Crippen LogP contribution in [0.4, 0.5) is 13.2 Å². The number of hydrogen-bond acceptors (Lipinski definition) is 3. The lowest BCUT2D eigenvalue weighted by molar-refractivity contribution is -0.139. The fourth-order valence-corrected chi connectivity index (χ4v) is 3.00.